The molecule has 1 fully saturated rings. The molecule has 16 heavy (non-hydrogen) atoms. The van der Waals surface area contributed by atoms with Crippen molar-refractivity contribution in [3.8, 4) is 0 Å². The quantitative estimate of drug-likeness (QED) is 0.810. The van der Waals surface area contributed by atoms with Crippen LogP contribution in [-0.2, 0) is 4.74 Å². The molecule has 1 aromatic heterocycles. The summed E-state index contributed by atoms with van der Waals surface area (Å²) in [6.45, 7) is 2.66. The van der Waals surface area contributed by atoms with Crippen LogP contribution in [0.4, 0.5) is 10.2 Å². The first-order valence-corrected chi connectivity index (χ1v) is 5.94. The molecule has 1 aliphatic heterocycles. The maximum atomic E-state index is 13.8. The Labute approximate surface area is 98.3 Å². The van der Waals surface area contributed by atoms with Crippen LogP contribution in [-0.4, -0.2) is 38.3 Å². The fraction of sp³-hybridized carbons (Fsp3) is 0.500. The maximum Gasteiger partial charge on any atom is 0.166 e. The number of rotatable bonds is 3. The predicted octanol–water partition coefficient (Wildman–Crippen LogP) is 1.28. The van der Waals surface area contributed by atoms with Gasteiger partial charge in [0.25, 0.3) is 0 Å². The molecular formula is C10H14FN3OS. The van der Waals surface area contributed by atoms with Crippen molar-refractivity contribution >= 4 is 17.8 Å². The lowest BCUT2D eigenvalue weighted by Crippen LogP contribution is -2.37. The summed E-state index contributed by atoms with van der Waals surface area (Å²) in [4.78, 5) is 6.84. The normalized spacial score (nSPS) is 16.5. The largest absolute Gasteiger partial charge is 0.378 e. The SMILES string of the molecule is CNSc1cnc(N2CCOCC2)c(F)c1. The van der Waals surface area contributed by atoms with Gasteiger partial charge in [0, 0.05) is 24.2 Å². The second-order valence-corrected chi connectivity index (χ2v) is 4.47. The molecule has 1 aromatic rings. The number of nitrogens with zero attached hydrogens (tertiary/aromatic N) is 2. The van der Waals surface area contributed by atoms with E-state index >= 15 is 0 Å². The van der Waals surface area contributed by atoms with E-state index in [-0.39, 0.29) is 5.82 Å². The van der Waals surface area contributed by atoms with Crippen LogP contribution in [0, 0.1) is 5.82 Å². The summed E-state index contributed by atoms with van der Waals surface area (Å²) in [7, 11) is 1.79. The van der Waals surface area contributed by atoms with Gasteiger partial charge in [0.15, 0.2) is 11.6 Å². The van der Waals surface area contributed by atoms with Crippen LogP contribution in [0.3, 0.4) is 0 Å². The molecule has 0 unspecified atom stereocenters. The first-order chi connectivity index (χ1) is 7.81. The zero-order valence-electron chi connectivity index (χ0n) is 9.07. The molecule has 0 bridgehead atoms. The number of halogens is 1. The van der Waals surface area contributed by atoms with Gasteiger partial charge in [-0.1, -0.05) is 0 Å². The van der Waals surface area contributed by atoms with Gasteiger partial charge in [-0.2, -0.15) is 0 Å². The molecule has 0 spiro atoms. The third kappa shape index (κ3) is 2.63. The Morgan fingerprint density at radius 2 is 2.25 bits per heavy atom. The topological polar surface area (TPSA) is 37.4 Å². The van der Waals surface area contributed by atoms with Crippen LogP contribution >= 0.6 is 11.9 Å². The number of ether oxygens (including phenoxy) is 1. The van der Waals surface area contributed by atoms with Gasteiger partial charge < -0.3 is 9.64 Å². The molecule has 2 rings (SSSR count). The highest BCUT2D eigenvalue weighted by molar-refractivity contribution is 7.97. The highest BCUT2D eigenvalue weighted by Gasteiger charge is 2.16. The fourth-order valence-corrected chi connectivity index (χ4v) is 2.10. The minimum absolute atomic E-state index is 0.276. The predicted molar refractivity (Wildman–Crippen MR) is 62.1 cm³/mol. The third-order valence-electron chi connectivity index (χ3n) is 2.33. The number of hydrogen-bond donors (Lipinski definition) is 1. The molecule has 88 valence electrons. The summed E-state index contributed by atoms with van der Waals surface area (Å²) in [5, 5.41) is 0. The average Bonchev–Trinajstić information content (AvgIpc) is 2.31. The van der Waals surface area contributed by atoms with Crippen molar-refractivity contribution in [2.45, 2.75) is 4.90 Å². The number of morpholine rings is 1. The standard InChI is InChI=1S/C10H14FN3OS/c1-12-16-8-6-9(11)10(13-7-8)14-2-4-15-5-3-14/h6-7,12H,2-5H2,1H3. The van der Waals surface area contributed by atoms with E-state index < -0.39 is 0 Å². The molecule has 1 N–H and O–H groups in total. The van der Waals surface area contributed by atoms with Crippen LogP contribution in [0.5, 0.6) is 0 Å². The second kappa shape index (κ2) is 5.47. The molecule has 2 heterocycles. The first kappa shape index (κ1) is 11.6. The third-order valence-corrected chi connectivity index (χ3v) is 2.99. The van der Waals surface area contributed by atoms with E-state index in [1.165, 1.54) is 18.0 Å². The van der Waals surface area contributed by atoms with Crippen LogP contribution in [0.2, 0.25) is 0 Å². The molecule has 0 amide bonds. The van der Waals surface area contributed by atoms with E-state index in [1.807, 2.05) is 4.90 Å². The van der Waals surface area contributed by atoms with Crippen molar-refractivity contribution in [3.05, 3.63) is 18.1 Å². The Bertz CT molecular complexity index is 358. The van der Waals surface area contributed by atoms with Gasteiger partial charge >= 0.3 is 0 Å². The monoisotopic (exact) mass is 243 g/mol. The van der Waals surface area contributed by atoms with Gasteiger partial charge in [0.05, 0.1) is 13.2 Å². The number of anilines is 1. The van der Waals surface area contributed by atoms with Gasteiger partial charge in [-0.25, -0.2) is 9.37 Å². The Kier molecular flexibility index (Phi) is 3.98. The fourth-order valence-electron chi connectivity index (χ4n) is 1.59. The minimum Gasteiger partial charge on any atom is -0.378 e. The zero-order valence-corrected chi connectivity index (χ0v) is 9.89. The van der Waals surface area contributed by atoms with Gasteiger partial charge in [-0.3, -0.25) is 4.72 Å². The van der Waals surface area contributed by atoms with Crippen molar-refractivity contribution in [2.75, 3.05) is 38.3 Å². The lowest BCUT2D eigenvalue weighted by Gasteiger charge is -2.28. The van der Waals surface area contributed by atoms with E-state index in [0.717, 1.165) is 4.90 Å². The number of nitrogens with one attached hydrogen (secondary N) is 1. The summed E-state index contributed by atoms with van der Waals surface area (Å²) in [6, 6.07) is 1.50. The van der Waals surface area contributed by atoms with Crippen LogP contribution in [0.15, 0.2) is 17.2 Å². The molecule has 0 atom stereocenters. The number of pyridine rings is 1. The zero-order chi connectivity index (χ0) is 11.4. The molecule has 4 nitrogen and oxygen atoms in total. The van der Waals surface area contributed by atoms with Crippen LogP contribution in [0.1, 0.15) is 0 Å². The van der Waals surface area contributed by atoms with E-state index in [9.17, 15) is 4.39 Å². The number of aromatic nitrogens is 1. The molecule has 0 aliphatic carbocycles. The van der Waals surface area contributed by atoms with Crippen molar-refractivity contribution < 1.29 is 9.13 Å². The summed E-state index contributed by atoms with van der Waals surface area (Å²) in [5.41, 5.74) is 0. The van der Waals surface area contributed by atoms with Crippen LogP contribution < -0.4 is 9.62 Å². The summed E-state index contributed by atoms with van der Waals surface area (Å²) >= 11 is 1.35. The maximum absolute atomic E-state index is 13.8. The molecule has 0 aromatic carbocycles. The van der Waals surface area contributed by atoms with Crippen LogP contribution in [0.25, 0.3) is 0 Å². The molecule has 0 radical (unpaired) electrons. The second-order valence-electron chi connectivity index (χ2n) is 3.38. The van der Waals surface area contributed by atoms with Gasteiger partial charge in [-0.05, 0) is 25.1 Å². The van der Waals surface area contributed by atoms with Gasteiger partial charge in [0.2, 0.25) is 0 Å². The molecule has 1 aliphatic rings. The Hall–Kier alpha value is -0.850. The molecule has 6 heteroatoms. The molecular weight excluding hydrogens is 229 g/mol. The van der Waals surface area contributed by atoms with Crippen molar-refractivity contribution in [1.82, 2.24) is 9.71 Å². The van der Waals surface area contributed by atoms with E-state index in [0.29, 0.717) is 32.1 Å². The van der Waals surface area contributed by atoms with E-state index in [4.69, 9.17) is 4.74 Å². The first-order valence-electron chi connectivity index (χ1n) is 5.13. The van der Waals surface area contributed by atoms with E-state index in [2.05, 4.69) is 9.71 Å². The summed E-state index contributed by atoms with van der Waals surface area (Å²) in [5.74, 6) is 0.144. The summed E-state index contributed by atoms with van der Waals surface area (Å²) in [6.07, 6.45) is 1.68. The van der Waals surface area contributed by atoms with Crippen molar-refractivity contribution in [3.63, 3.8) is 0 Å². The summed E-state index contributed by atoms with van der Waals surface area (Å²) < 4.78 is 21.9. The van der Waals surface area contributed by atoms with Gasteiger partial charge in [-0.15, -0.1) is 0 Å². The Morgan fingerprint density at radius 3 is 2.88 bits per heavy atom. The Morgan fingerprint density at radius 1 is 1.50 bits per heavy atom. The highest BCUT2D eigenvalue weighted by atomic mass is 32.2. The number of hydrogen-bond acceptors (Lipinski definition) is 5. The minimum atomic E-state index is -0.276. The van der Waals surface area contributed by atoms with E-state index in [1.54, 1.807) is 13.2 Å². The van der Waals surface area contributed by atoms with Crippen molar-refractivity contribution in [2.24, 2.45) is 0 Å². The lowest BCUT2D eigenvalue weighted by molar-refractivity contribution is 0.122. The highest BCUT2D eigenvalue weighted by Crippen LogP contribution is 2.22. The molecule has 1 saturated heterocycles. The van der Waals surface area contributed by atoms with Gasteiger partial charge in [0.1, 0.15) is 0 Å². The average molecular weight is 243 g/mol. The molecule has 0 saturated carbocycles. The smallest absolute Gasteiger partial charge is 0.166 e. The Balaban J connectivity index is 2.14. The lowest BCUT2D eigenvalue weighted by atomic mass is 10.3. The van der Waals surface area contributed by atoms with Crippen molar-refractivity contribution in [1.29, 1.82) is 0 Å².